The molecule has 1 unspecified atom stereocenters. The van der Waals surface area contributed by atoms with Crippen LogP contribution in [0.2, 0.25) is 0 Å². The van der Waals surface area contributed by atoms with E-state index in [4.69, 9.17) is 14.0 Å². The second kappa shape index (κ2) is 8.83. The Bertz CT molecular complexity index is 783. The van der Waals surface area contributed by atoms with E-state index in [9.17, 15) is 4.79 Å². The molecule has 2 aromatic heterocycles. The minimum absolute atomic E-state index is 0.0274. The Labute approximate surface area is 163 Å². The van der Waals surface area contributed by atoms with Gasteiger partial charge in [0.25, 0.3) is 5.91 Å². The lowest BCUT2D eigenvalue weighted by Crippen LogP contribution is -2.43. The minimum atomic E-state index is -0.0445. The van der Waals surface area contributed by atoms with Crippen molar-refractivity contribution in [1.29, 1.82) is 0 Å². The first kappa shape index (κ1) is 19.1. The Morgan fingerprint density at radius 1 is 1.36 bits per heavy atom. The molecule has 0 spiro atoms. The maximum atomic E-state index is 12.6. The molecule has 1 atom stereocenters. The van der Waals surface area contributed by atoms with Crippen LogP contribution in [0.25, 0.3) is 0 Å². The number of piperidine rings is 1. The Morgan fingerprint density at radius 3 is 3.00 bits per heavy atom. The van der Waals surface area contributed by atoms with E-state index in [2.05, 4.69) is 20.3 Å². The van der Waals surface area contributed by atoms with Crippen LogP contribution in [0.1, 0.15) is 59.5 Å². The van der Waals surface area contributed by atoms with Gasteiger partial charge < -0.3 is 18.9 Å². The lowest BCUT2D eigenvalue weighted by Gasteiger charge is -2.32. The van der Waals surface area contributed by atoms with Crippen LogP contribution in [-0.2, 0) is 15.9 Å². The monoisotopic (exact) mass is 389 g/mol. The third-order valence-electron chi connectivity index (χ3n) is 5.32. The van der Waals surface area contributed by atoms with Gasteiger partial charge in [0, 0.05) is 44.3 Å². The fraction of sp³-hybridized carbons (Fsp3) is 0.684. The molecule has 0 aromatic carbocycles. The van der Waals surface area contributed by atoms with Crippen molar-refractivity contribution in [2.45, 2.75) is 51.0 Å². The molecule has 2 saturated heterocycles. The van der Waals surface area contributed by atoms with E-state index in [0.29, 0.717) is 42.9 Å². The van der Waals surface area contributed by atoms with Crippen LogP contribution in [0.5, 0.6) is 0 Å². The van der Waals surface area contributed by atoms with E-state index >= 15 is 0 Å². The zero-order valence-corrected chi connectivity index (χ0v) is 16.2. The van der Waals surface area contributed by atoms with Gasteiger partial charge in [-0.1, -0.05) is 5.16 Å². The highest BCUT2D eigenvalue weighted by atomic mass is 16.5. The Balaban J connectivity index is 1.23. The van der Waals surface area contributed by atoms with Gasteiger partial charge in [0.15, 0.2) is 5.82 Å². The molecule has 4 heterocycles. The molecule has 2 fully saturated rings. The summed E-state index contributed by atoms with van der Waals surface area (Å²) in [6.45, 7) is 5.23. The predicted octanol–water partition coefficient (Wildman–Crippen LogP) is 1.86. The van der Waals surface area contributed by atoms with Gasteiger partial charge in [0.05, 0.1) is 12.7 Å². The van der Waals surface area contributed by atoms with Crippen molar-refractivity contribution < 1.29 is 18.8 Å². The quantitative estimate of drug-likeness (QED) is 0.803. The third-order valence-corrected chi connectivity index (χ3v) is 5.32. The number of carbonyl (C=O) groups is 1. The zero-order valence-electron chi connectivity index (χ0n) is 16.2. The summed E-state index contributed by atoms with van der Waals surface area (Å²) in [5, 5.41) is 11.0. The van der Waals surface area contributed by atoms with E-state index in [1.54, 1.807) is 6.07 Å². The SMILES string of the molecule is Cc1cc(C(=O)N2CCCC(OCCc3noc(C4CCOCC4)n3)C2)n[nH]1. The summed E-state index contributed by atoms with van der Waals surface area (Å²) in [5.74, 6) is 1.65. The highest BCUT2D eigenvalue weighted by Crippen LogP contribution is 2.25. The second-order valence-electron chi connectivity index (χ2n) is 7.51. The number of ether oxygens (including phenoxy) is 2. The Morgan fingerprint density at radius 2 is 2.21 bits per heavy atom. The van der Waals surface area contributed by atoms with Gasteiger partial charge in [-0.15, -0.1) is 0 Å². The molecule has 4 rings (SSSR count). The summed E-state index contributed by atoms with van der Waals surface area (Å²) in [5.41, 5.74) is 1.35. The molecule has 9 heteroatoms. The van der Waals surface area contributed by atoms with Gasteiger partial charge in [0.2, 0.25) is 5.89 Å². The van der Waals surface area contributed by atoms with Gasteiger partial charge in [-0.3, -0.25) is 9.89 Å². The topological polar surface area (TPSA) is 106 Å². The smallest absolute Gasteiger partial charge is 0.274 e. The number of hydrogen-bond acceptors (Lipinski definition) is 7. The van der Waals surface area contributed by atoms with Crippen LogP contribution in [0.15, 0.2) is 10.6 Å². The molecule has 2 aliphatic rings. The molecular formula is C19H27N5O4. The minimum Gasteiger partial charge on any atom is -0.381 e. The van der Waals surface area contributed by atoms with Crippen molar-refractivity contribution >= 4 is 5.91 Å². The van der Waals surface area contributed by atoms with Crippen LogP contribution >= 0.6 is 0 Å². The fourth-order valence-corrected chi connectivity index (χ4v) is 3.74. The number of carbonyl (C=O) groups excluding carboxylic acids is 1. The van der Waals surface area contributed by atoms with E-state index in [0.717, 1.165) is 51.1 Å². The highest BCUT2D eigenvalue weighted by molar-refractivity contribution is 5.92. The molecule has 152 valence electrons. The fourth-order valence-electron chi connectivity index (χ4n) is 3.74. The summed E-state index contributed by atoms with van der Waals surface area (Å²) < 4.78 is 16.8. The van der Waals surface area contributed by atoms with Crippen LogP contribution < -0.4 is 0 Å². The maximum absolute atomic E-state index is 12.6. The van der Waals surface area contributed by atoms with Crippen molar-refractivity contribution in [3.8, 4) is 0 Å². The molecular weight excluding hydrogens is 362 g/mol. The molecule has 9 nitrogen and oxygen atoms in total. The lowest BCUT2D eigenvalue weighted by molar-refractivity contribution is 0.00232. The van der Waals surface area contributed by atoms with Crippen LogP contribution in [-0.4, -0.2) is 70.2 Å². The summed E-state index contributed by atoms with van der Waals surface area (Å²) in [6.07, 6.45) is 4.37. The summed E-state index contributed by atoms with van der Waals surface area (Å²) >= 11 is 0. The van der Waals surface area contributed by atoms with Crippen molar-refractivity contribution in [2.75, 3.05) is 32.9 Å². The largest absolute Gasteiger partial charge is 0.381 e. The molecule has 0 bridgehead atoms. The van der Waals surface area contributed by atoms with Crippen molar-refractivity contribution in [3.05, 3.63) is 29.2 Å². The zero-order chi connectivity index (χ0) is 19.3. The Kier molecular flexibility index (Phi) is 6.01. The molecule has 0 aliphatic carbocycles. The number of nitrogens with one attached hydrogen (secondary N) is 1. The number of aromatic amines is 1. The third kappa shape index (κ3) is 4.59. The second-order valence-corrected chi connectivity index (χ2v) is 7.51. The van der Waals surface area contributed by atoms with Crippen molar-refractivity contribution in [3.63, 3.8) is 0 Å². The highest BCUT2D eigenvalue weighted by Gasteiger charge is 2.26. The van der Waals surface area contributed by atoms with E-state index in [1.165, 1.54) is 0 Å². The van der Waals surface area contributed by atoms with Gasteiger partial charge in [-0.2, -0.15) is 10.1 Å². The molecule has 0 radical (unpaired) electrons. The van der Waals surface area contributed by atoms with Gasteiger partial charge in [-0.05, 0) is 38.7 Å². The number of rotatable bonds is 6. The van der Waals surface area contributed by atoms with Crippen molar-refractivity contribution in [2.24, 2.45) is 0 Å². The van der Waals surface area contributed by atoms with E-state index < -0.39 is 0 Å². The summed E-state index contributed by atoms with van der Waals surface area (Å²) in [7, 11) is 0. The average Bonchev–Trinajstić information content (AvgIpc) is 3.38. The number of hydrogen-bond donors (Lipinski definition) is 1. The number of amides is 1. The van der Waals surface area contributed by atoms with Gasteiger partial charge in [0.1, 0.15) is 5.69 Å². The number of likely N-dealkylation sites (tertiary alicyclic amines) is 1. The van der Waals surface area contributed by atoms with Gasteiger partial charge >= 0.3 is 0 Å². The molecule has 2 aromatic rings. The van der Waals surface area contributed by atoms with Crippen LogP contribution in [0, 0.1) is 6.92 Å². The predicted molar refractivity (Wildman–Crippen MR) is 99.0 cm³/mol. The molecule has 2 aliphatic heterocycles. The molecule has 1 N–H and O–H groups in total. The number of nitrogens with zero attached hydrogens (tertiary/aromatic N) is 4. The van der Waals surface area contributed by atoms with Crippen LogP contribution in [0.4, 0.5) is 0 Å². The van der Waals surface area contributed by atoms with E-state index in [-0.39, 0.29) is 12.0 Å². The number of aryl methyl sites for hydroxylation is 1. The first-order chi connectivity index (χ1) is 13.7. The normalized spacial score (nSPS) is 21.2. The number of H-pyrrole nitrogens is 1. The van der Waals surface area contributed by atoms with Crippen molar-refractivity contribution in [1.82, 2.24) is 25.2 Å². The molecule has 28 heavy (non-hydrogen) atoms. The first-order valence-electron chi connectivity index (χ1n) is 10.0. The average molecular weight is 389 g/mol. The number of aromatic nitrogens is 4. The van der Waals surface area contributed by atoms with E-state index in [1.807, 2.05) is 11.8 Å². The van der Waals surface area contributed by atoms with Crippen LogP contribution in [0.3, 0.4) is 0 Å². The lowest BCUT2D eigenvalue weighted by atomic mass is 10.0. The first-order valence-corrected chi connectivity index (χ1v) is 10.0. The summed E-state index contributed by atoms with van der Waals surface area (Å²) in [6, 6.07) is 1.78. The Hall–Kier alpha value is -2.26. The van der Waals surface area contributed by atoms with Gasteiger partial charge in [-0.25, -0.2) is 0 Å². The molecule has 1 amide bonds. The standard InChI is InChI=1S/C19H27N5O4/c1-13-11-16(22-21-13)19(25)24-7-2-3-15(12-24)27-10-6-17-20-18(28-23-17)14-4-8-26-9-5-14/h11,14-15H,2-10,12H2,1H3,(H,21,22). The molecule has 0 saturated carbocycles. The maximum Gasteiger partial charge on any atom is 0.274 e. The summed E-state index contributed by atoms with van der Waals surface area (Å²) in [4.78, 5) is 18.9.